The maximum atomic E-state index is 6.00. The summed E-state index contributed by atoms with van der Waals surface area (Å²) in [7, 11) is 0. The smallest absolute Gasteiger partial charge is 0.0417 e. The van der Waals surface area contributed by atoms with Gasteiger partial charge < -0.3 is 5.32 Å². The third-order valence-electron chi connectivity index (χ3n) is 3.30. The lowest BCUT2D eigenvalue weighted by molar-refractivity contribution is 0.169. The van der Waals surface area contributed by atoms with Gasteiger partial charge >= 0.3 is 0 Å². The normalized spacial score (nSPS) is 17.2. The SMILES string of the molecule is CC[C@H](c1ccc(Cl)cc1Br)N1CCNCC1.Cl.Cl. The third kappa shape index (κ3) is 5.07. The van der Waals surface area contributed by atoms with Crippen LogP contribution in [0.25, 0.3) is 0 Å². The average Bonchev–Trinajstić information content (AvgIpc) is 2.34. The highest BCUT2D eigenvalue weighted by Crippen LogP contribution is 2.32. The van der Waals surface area contributed by atoms with E-state index in [0.717, 1.165) is 42.1 Å². The molecule has 2 nitrogen and oxygen atoms in total. The van der Waals surface area contributed by atoms with Gasteiger partial charge in [0.15, 0.2) is 0 Å². The molecule has 0 spiro atoms. The first-order chi connectivity index (χ1) is 8.22. The number of nitrogens with one attached hydrogen (secondary N) is 1. The van der Waals surface area contributed by atoms with Gasteiger partial charge in [-0.05, 0) is 24.1 Å². The van der Waals surface area contributed by atoms with Gasteiger partial charge in [-0.25, -0.2) is 0 Å². The number of piperazine rings is 1. The van der Waals surface area contributed by atoms with Crippen molar-refractivity contribution < 1.29 is 0 Å². The highest BCUT2D eigenvalue weighted by molar-refractivity contribution is 9.10. The summed E-state index contributed by atoms with van der Waals surface area (Å²) >= 11 is 9.63. The topological polar surface area (TPSA) is 15.3 Å². The Morgan fingerprint density at radius 2 is 1.95 bits per heavy atom. The highest BCUT2D eigenvalue weighted by atomic mass is 79.9. The van der Waals surface area contributed by atoms with Crippen LogP contribution in [0.5, 0.6) is 0 Å². The van der Waals surface area contributed by atoms with Gasteiger partial charge in [-0.1, -0.05) is 40.5 Å². The zero-order valence-corrected chi connectivity index (χ0v) is 14.8. The number of hydrogen-bond donors (Lipinski definition) is 1. The van der Waals surface area contributed by atoms with E-state index in [2.05, 4.69) is 39.1 Å². The minimum absolute atomic E-state index is 0. The number of nitrogens with zero attached hydrogens (tertiary/aromatic N) is 1. The molecule has 1 saturated heterocycles. The second kappa shape index (κ2) is 9.43. The van der Waals surface area contributed by atoms with Gasteiger partial charge in [-0.3, -0.25) is 4.90 Å². The Bertz CT molecular complexity index is 384. The molecule has 110 valence electrons. The van der Waals surface area contributed by atoms with Gasteiger partial charge in [0.05, 0.1) is 0 Å². The first kappa shape index (κ1) is 19.5. The zero-order chi connectivity index (χ0) is 12.3. The lowest BCUT2D eigenvalue weighted by Crippen LogP contribution is -2.45. The molecule has 1 heterocycles. The first-order valence-electron chi connectivity index (χ1n) is 6.12. The molecule has 1 N–H and O–H groups in total. The maximum absolute atomic E-state index is 6.00. The summed E-state index contributed by atoms with van der Waals surface area (Å²) in [6.45, 7) is 6.65. The summed E-state index contributed by atoms with van der Waals surface area (Å²) in [5, 5.41) is 4.18. The van der Waals surface area contributed by atoms with Crippen molar-refractivity contribution in [2.24, 2.45) is 0 Å². The lowest BCUT2D eigenvalue weighted by atomic mass is 10.0. The summed E-state index contributed by atoms with van der Waals surface area (Å²) in [4.78, 5) is 2.55. The van der Waals surface area contributed by atoms with E-state index in [-0.39, 0.29) is 24.8 Å². The summed E-state index contributed by atoms with van der Waals surface area (Å²) in [5.41, 5.74) is 1.35. The predicted octanol–water partition coefficient (Wildman–Crippen LogP) is 4.30. The summed E-state index contributed by atoms with van der Waals surface area (Å²) in [6.07, 6.45) is 1.13. The van der Waals surface area contributed by atoms with Crippen LogP contribution in [0.2, 0.25) is 5.02 Å². The first-order valence-corrected chi connectivity index (χ1v) is 7.29. The quantitative estimate of drug-likeness (QED) is 0.828. The van der Waals surface area contributed by atoms with Crippen molar-refractivity contribution in [2.45, 2.75) is 19.4 Å². The Labute approximate surface area is 141 Å². The zero-order valence-electron chi connectivity index (χ0n) is 10.9. The van der Waals surface area contributed by atoms with E-state index in [1.54, 1.807) is 0 Å². The van der Waals surface area contributed by atoms with E-state index in [1.807, 2.05) is 12.1 Å². The molecular weight excluding hydrogens is 370 g/mol. The fourth-order valence-electron chi connectivity index (χ4n) is 2.44. The molecule has 0 amide bonds. The Morgan fingerprint density at radius 3 is 2.47 bits per heavy atom. The van der Waals surface area contributed by atoms with Crippen molar-refractivity contribution in [2.75, 3.05) is 26.2 Å². The Kier molecular flexibility index (Phi) is 9.67. The average molecular weight is 391 g/mol. The van der Waals surface area contributed by atoms with Crippen molar-refractivity contribution in [1.82, 2.24) is 10.2 Å². The van der Waals surface area contributed by atoms with E-state index in [9.17, 15) is 0 Å². The molecule has 1 aliphatic rings. The summed E-state index contributed by atoms with van der Waals surface area (Å²) in [5.74, 6) is 0. The van der Waals surface area contributed by atoms with Gasteiger partial charge in [0, 0.05) is 41.7 Å². The van der Waals surface area contributed by atoms with Crippen LogP contribution in [0.1, 0.15) is 24.9 Å². The minimum atomic E-state index is 0. The van der Waals surface area contributed by atoms with Crippen molar-refractivity contribution >= 4 is 52.3 Å². The molecule has 6 heteroatoms. The van der Waals surface area contributed by atoms with E-state index in [4.69, 9.17) is 11.6 Å². The lowest BCUT2D eigenvalue weighted by Gasteiger charge is -2.35. The van der Waals surface area contributed by atoms with E-state index in [0.29, 0.717) is 6.04 Å². The molecule has 1 atom stereocenters. The molecule has 0 aromatic heterocycles. The maximum Gasteiger partial charge on any atom is 0.0417 e. The van der Waals surface area contributed by atoms with Crippen LogP contribution in [-0.2, 0) is 0 Å². The number of halogens is 4. The number of rotatable bonds is 3. The Hall–Kier alpha value is 0.490. The van der Waals surface area contributed by atoms with Gasteiger partial charge in [-0.2, -0.15) is 0 Å². The standard InChI is InChI=1S/C13H18BrClN2.2ClH/c1-2-13(17-7-5-16-6-8-17)11-4-3-10(15)9-12(11)14;;/h3-4,9,13,16H,2,5-8H2,1H3;2*1H/t13-;;/m1../s1. The molecule has 0 bridgehead atoms. The van der Waals surface area contributed by atoms with Crippen LogP contribution in [0.4, 0.5) is 0 Å². The van der Waals surface area contributed by atoms with E-state index >= 15 is 0 Å². The van der Waals surface area contributed by atoms with Crippen LogP contribution in [0.15, 0.2) is 22.7 Å². The van der Waals surface area contributed by atoms with Gasteiger partial charge in [0.25, 0.3) is 0 Å². The molecule has 0 unspecified atom stereocenters. The molecule has 1 aromatic carbocycles. The molecule has 2 rings (SSSR count). The van der Waals surface area contributed by atoms with Crippen LogP contribution >= 0.6 is 52.3 Å². The fraction of sp³-hybridized carbons (Fsp3) is 0.538. The van der Waals surface area contributed by atoms with Gasteiger partial charge in [0.2, 0.25) is 0 Å². The van der Waals surface area contributed by atoms with Crippen LogP contribution < -0.4 is 5.32 Å². The molecule has 0 aliphatic carbocycles. The predicted molar refractivity (Wildman–Crippen MR) is 91.1 cm³/mol. The van der Waals surface area contributed by atoms with Gasteiger partial charge in [0.1, 0.15) is 0 Å². The molecular formula is C13H20BrCl3N2. The molecule has 0 radical (unpaired) electrons. The van der Waals surface area contributed by atoms with Crippen LogP contribution in [0.3, 0.4) is 0 Å². The third-order valence-corrected chi connectivity index (χ3v) is 4.22. The second-order valence-electron chi connectivity index (χ2n) is 4.38. The van der Waals surface area contributed by atoms with Crippen molar-refractivity contribution in [3.8, 4) is 0 Å². The monoisotopic (exact) mass is 388 g/mol. The largest absolute Gasteiger partial charge is 0.314 e. The van der Waals surface area contributed by atoms with Crippen LogP contribution in [-0.4, -0.2) is 31.1 Å². The molecule has 0 saturated carbocycles. The van der Waals surface area contributed by atoms with Crippen molar-refractivity contribution in [3.63, 3.8) is 0 Å². The fourth-order valence-corrected chi connectivity index (χ4v) is 3.39. The van der Waals surface area contributed by atoms with E-state index < -0.39 is 0 Å². The summed E-state index contributed by atoms with van der Waals surface area (Å²) in [6, 6.07) is 6.60. The molecule has 1 aliphatic heterocycles. The second-order valence-corrected chi connectivity index (χ2v) is 5.67. The van der Waals surface area contributed by atoms with Crippen molar-refractivity contribution in [1.29, 1.82) is 0 Å². The minimum Gasteiger partial charge on any atom is -0.314 e. The van der Waals surface area contributed by atoms with Crippen molar-refractivity contribution in [3.05, 3.63) is 33.3 Å². The van der Waals surface area contributed by atoms with Crippen LogP contribution in [0, 0.1) is 0 Å². The van der Waals surface area contributed by atoms with Gasteiger partial charge in [-0.15, -0.1) is 24.8 Å². The summed E-state index contributed by atoms with van der Waals surface area (Å²) < 4.78 is 1.12. The number of hydrogen-bond acceptors (Lipinski definition) is 2. The molecule has 1 fully saturated rings. The molecule has 1 aromatic rings. The highest BCUT2D eigenvalue weighted by Gasteiger charge is 2.22. The van der Waals surface area contributed by atoms with E-state index in [1.165, 1.54) is 5.56 Å². The Balaban J connectivity index is 0.00000162. The number of benzene rings is 1. The Morgan fingerprint density at radius 1 is 1.32 bits per heavy atom. The molecule has 19 heavy (non-hydrogen) atoms.